The van der Waals surface area contributed by atoms with Crippen LogP contribution >= 0.6 is 0 Å². The van der Waals surface area contributed by atoms with Gasteiger partial charge in [-0.2, -0.15) is 0 Å². The van der Waals surface area contributed by atoms with Crippen LogP contribution in [0.5, 0.6) is 0 Å². The summed E-state index contributed by atoms with van der Waals surface area (Å²) >= 11 is 0. The zero-order chi connectivity index (χ0) is 93.0. The van der Waals surface area contributed by atoms with E-state index in [9.17, 15) is 0 Å². The molecule has 0 aliphatic carbocycles. The predicted molar refractivity (Wildman–Crippen MR) is 583 cm³/mol. The van der Waals surface area contributed by atoms with Crippen molar-refractivity contribution in [3.05, 3.63) is 189 Å². The lowest BCUT2D eigenvalue weighted by molar-refractivity contribution is 0.0877. The van der Waals surface area contributed by atoms with Gasteiger partial charge in [-0.25, -0.2) is 9.80 Å². The van der Waals surface area contributed by atoms with Gasteiger partial charge in [-0.05, 0) is 245 Å². The summed E-state index contributed by atoms with van der Waals surface area (Å²) in [5.74, 6) is -0.892. The van der Waals surface area contributed by atoms with Crippen LogP contribution in [-0.2, 0) is 38.5 Å². The van der Waals surface area contributed by atoms with Crippen LogP contribution < -0.4 is 9.80 Å². The Balaban J connectivity index is 0.759. The van der Waals surface area contributed by atoms with Crippen molar-refractivity contribution in [2.45, 2.75) is 465 Å². The molecule has 0 atom stereocenters. The van der Waals surface area contributed by atoms with Crippen molar-refractivity contribution < 1.29 is 19.2 Å². The smallest absolute Gasteiger partial charge is 0.265 e. The molecule has 0 saturated carbocycles. The quantitative estimate of drug-likeness (QED) is 0.0165. The highest BCUT2D eigenvalue weighted by Gasteiger charge is 2.39. The first-order valence-corrected chi connectivity index (χ1v) is 56.5. The van der Waals surface area contributed by atoms with E-state index in [2.05, 4.69) is 151 Å². The zero-order valence-corrected chi connectivity index (χ0v) is 84.9. The average Bonchev–Trinajstić information content (AvgIpc) is 0.695. The minimum atomic E-state index is -0.223. The van der Waals surface area contributed by atoms with E-state index in [0.717, 1.165) is 162 Å². The summed E-state index contributed by atoms with van der Waals surface area (Å²) in [6.07, 6.45) is 83.9. The molecule has 6 nitrogen and oxygen atoms in total. The normalized spacial score (nSPS) is 13.1. The van der Waals surface area contributed by atoms with Gasteiger partial charge in [0.25, 0.3) is 23.6 Å². The molecule has 0 fully saturated rings. The number of rotatable bonds is 69. The number of hydrogen-bond acceptors (Lipinski definition) is 4. The second-order valence-corrected chi connectivity index (χ2v) is 41.9. The van der Waals surface area contributed by atoms with Crippen LogP contribution in [0.25, 0.3) is 97.3 Å². The number of aryl methyl sites for hydroxylation is 4. The molecule has 12 aromatic carbocycles. The van der Waals surface area contributed by atoms with Gasteiger partial charge in [0.1, 0.15) is 0 Å². The van der Waals surface area contributed by atoms with E-state index < -0.39 is 0 Å². The molecule has 0 aromatic heterocycles. The number of unbranched alkanes of at least 4 members (excludes halogenated alkanes) is 54. The SMILES string of the molecule is CCCCCCCCCCCCc1cc(N2C(=O)c3ccc4c5cccc6c(-c7ccc8c9ccc%10c%11c(ccc(c%12cccc7c%128)c%119)C(=O)N(c7cc(CCCCCCCCCCCC)c(CCCCCCCCCCCC)c(CCCCCCCCCCCC)c7)C%10=O)ccc(c7ccc(c3c47)C2=O)c65)cc(CCCCCCCCCCCC)c1CCCCCCCCCCCC. The molecule has 12 aromatic rings. The van der Waals surface area contributed by atoms with Gasteiger partial charge in [-0.3, -0.25) is 19.2 Å². The third-order valence-corrected chi connectivity index (χ3v) is 31.7. The first kappa shape index (κ1) is 101. The van der Waals surface area contributed by atoms with Crippen LogP contribution in [0.2, 0.25) is 0 Å². The van der Waals surface area contributed by atoms with Crippen LogP contribution in [0.4, 0.5) is 11.4 Å². The van der Waals surface area contributed by atoms with Crippen molar-refractivity contribution in [3.63, 3.8) is 0 Å². The van der Waals surface area contributed by atoms with Crippen LogP contribution in [0, 0.1) is 0 Å². The Bertz CT molecular complexity index is 5140. The summed E-state index contributed by atoms with van der Waals surface area (Å²) in [4.78, 5) is 66.7. The summed E-state index contributed by atoms with van der Waals surface area (Å²) in [5.41, 5.74) is 14.6. The first-order valence-electron chi connectivity index (χ1n) is 56.5. The fourth-order valence-electron chi connectivity index (χ4n) is 24.1. The van der Waals surface area contributed by atoms with Crippen molar-refractivity contribution in [1.82, 2.24) is 0 Å². The maximum Gasteiger partial charge on any atom is 0.265 e. The highest BCUT2D eigenvalue weighted by Crippen LogP contribution is 2.51. The van der Waals surface area contributed by atoms with Crippen molar-refractivity contribution in [2.75, 3.05) is 9.80 Å². The van der Waals surface area contributed by atoms with Gasteiger partial charge in [-0.15, -0.1) is 0 Å². The molecular weight excluding hydrogens is 1630 g/mol. The minimum absolute atomic E-state index is 0.223. The fraction of sp³-hybridized carbons (Fsp3) is 0.562. The Labute approximate surface area is 810 Å². The van der Waals surface area contributed by atoms with Gasteiger partial charge in [0.15, 0.2) is 0 Å². The van der Waals surface area contributed by atoms with Crippen LogP contribution in [0.3, 0.4) is 0 Å². The molecule has 4 amide bonds. The summed E-state index contributed by atoms with van der Waals surface area (Å²) in [7, 11) is 0. The number of amides is 4. The van der Waals surface area contributed by atoms with E-state index in [1.54, 1.807) is 9.80 Å². The second-order valence-electron chi connectivity index (χ2n) is 41.9. The fourth-order valence-corrected chi connectivity index (χ4v) is 24.1. The Morgan fingerprint density at radius 1 is 0.164 bits per heavy atom. The molecule has 0 unspecified atom stereocenters. The van der Waals surface area contributed by atoms with E-state index in [0.29, 0.717) is 22.3 Å². The number of anilines is 2. The molecule has 14 rings (SSSR count). The minimum Gasteiger partial charge on any atom is -0.268 e. The monoisotopic (exact) mass is 1800 g/mol. The van der Waals surface area contributed by atoms with Crippen molar-refractivity contribution in [2.24, 2.45) is 0 Å². The maximum absolute atomic E-state index is 15.9. The number of benzene rings is 12. The van der Waals surface area contributed by atoms with Gasteiger partial charge >= 0.3 is 0 Å². The van der Waals surface area contributed by atoms with E-state index in [1.165, 1.54) is 404 Å². The van der Waals surface area contributed by atoms with Gasteiger partial charge in [0, 0.05) is 33.0 Å². The molecule has 2 aliphatic rings. The standard InChI is InChI=1S/C128H172N2O4/c1-7-13-19-25-31-37-43-49-55-61-69-95-91-99(92-96(70-62-56-50-44-38-32-26-20-14-8-2)101(95)73-65-59-53-47-41-35-29-23-17-11-5)129-125(131)115-87-83-111-107-77-67-75-105-103(79-81-109(119(105)107)113-85-89-117(127(129)133)123(115)121(111)113)104-80-82-110-114-86-90-118-124-116(88-84-112(122(114)124)108-78-68-76-106(104)120(108)110)126(132)130(128(118)134)100-93-97(71-63-57-51-45-39-33-27-21-15-9-3)102(74-66-60-54-48-42-36-30-24-18-12-6)98(94-100)72-64-58-52-46-40-34-28-22-16-10-4/h67-68,75-94H,7-66,69-74H2,1-6H3. The molecular formula is C128H172N2O4. The lowest BCUT2D eigenvalue weighted by Gasteiger charge is -2.30. The summed E-state index contributed by atoms with van der Waals surface area (Å²) in [6, 6.07) is 48.7. The Kier molecular flexibility index (Phi) is 40.9. The zero-order valence-electron chi connectivity index (χ0n) is 84.9. The van der Waals surface area contributed by atoms with Crippen LogP contribution in [-0.4, -0.2) is 23.6 Å². The Morgan fingerprint density at radius 2 is 0.336 bits per heavy atom. The van der Waals surface area contributed by atoms with Gasteiger partial charge in [-0.1, -0.05) is 473 Å². The number of carbonyl (C=O) groups is 4. The molecule has 134 heavy (non-hydrogen) atoms. The van der Waals surface area contributed by atoms with E-state index in [1.807, 2.05) is 24.3 Å². The van der Waals surface area contributed by atoms with Crippen molar-refractivity contribution >= 4 is 121 Å². The van der Waals surface area contributed by atoms with Gasteiger partial charge < -0.3 is 0 Å². The predicted octanol–water partition coefficient (Wildman–Crippen LogP) is 39.8. The lowest BCUT2D eigenvalue weighted by Crippen LogP contribution is -2.40. The molecule has 0 bridgehead atoms. The molecule has 0 saturated heterocycles. The molecule has 2 heterocycles. The molecule has 6 heteroatoms. The first-order chi connectivity index (χ1) is 66.1. The summed E-state index contributed by atoms with van der Waals surface area (Å²) < 4.78 is 0. The number of hydrogen-bond donors (Lipinski definition) is 0. The second kappa shape index (κ2) is 54.0. The molecule has 2 aliphatic heterocycles. The Hall–Kier alpha value is -8.48. The topological polar surface area (TPSA) is 74.8 Å². The van der Waals surface area contributed by atoms with E-state index >= 15 is 19.2 Å². The van der Waals surface area contributed by atoms with E-state index in [-0.39, 0.29) is 23.6 Å². The lowest BCUT2D eigenvalue weighted by atomic mass is 9.81. The number of imide groups is 2. The average molecular weight is 1800 g/mol. The molecule has 718 valence electrons. The largest absolute Gasteiger partial charge is 0.268 e. The highest BCUT2D eigenvalue weighted by atomic mass is 16.2. The number of nitrogens with zero attached hydrogens (tertiary/aromatic N) is 2. The molecule has 0 radical (unpaired) electrons. The van der Waals surface area contributed by atoms with Crippen LogP contribution in [0.1, 0.15) is 502 Å². The molecule has 0 N–H and O–H groups in total. The van der Waals surface area contributed by atoms with Gasteiger partial charge in [0.2, 0.25) is 0 Å². The summed E-state index contributed by atoms with van der Waals surface area (Å²) in [5, 5.41) is 16.8. The van der Waals surface area contributed by atoms with Crippen molar-refractivity contribution in [3.8, 4) is 11.1 Å². The maximum atomic E-state index is 15.9. The third kappa shape index (κ3) is 25.5. The third-order valence-electron chi connectivity index (χ3n) is 31.7. The van der Waals surface area contributed by atoms with Crippen LogP contribution in [0.15, 0.2) is 133 Å². The Morgan fingerprint density at radius 3 is 0.552 bits per heavy atom. The number of carbonyl (C=O) groups excluding carboxylic acids is 4. The van der Waals surface area contributed by atoms with Crippen molar-refractivity contribution in [1.29, 1.82) is 0 Å². The summed E-state index contributed by atoms with van der Waals surface area (Å²) in [6.45, 7) is 13.8. The molecule has 0 spiro atoms. The van der Waals surface area contributed by atoms with Gasteiger partial charge in [0.05, 0.1) is 11.4 Å². The highest BCUT2D eigenvalue weighted by molar-refractivity contribution is 6.45. The van der Waals surface area contributed by atoms with E-state index in [4.69, 9.17) is 0 Å². The number of fused-ring (bicyclic) bond motifs is 4.